The first-order chi connectivity index (χ1) is 12.5. The van der Waals surface area contributed by atoms with Gasteiger partial charge in [-0.25, -0.2) is 13.9 Å². The van der Waals surface area contributed by atoms with Crippen molar-refractivity contribution in [2.24, 2.45) is 0 Å². The molecule has 0 aliphatic rings. The van der Waals surface area contributed by atoms with E-state index < -0.39 is 24.2 Å². The van der Waals surface area contributed by atoms with Crippen molar-refractivity contribution >= 4 is 11.8 Å². The number of hydrogen-bond acceptors (Lipinski definition) is 4. The van der Waals surface area contributed by atoms with Crippen LogP contribution in [0.1, 0.15) is 32.1 Å². The maximum atomic E-state index is 12.9. The van der Waals surface area contributed by atoms with E-state index in [9.17, 15) is 14.0 Å². The second-order valence-electron chi connectivity index (χ2n) is 5.80. The van der Waals surface area contributed by atoms with Gasteiger partial charge in [-0.2, -0.15) is 5.10 Å². The zero-order chi connectivity index (χ0) is 18.7. The third-order valence-electron chi connectivity index (χ3n) is 4.00. The molecule has 0 fully saturated rings. The van der Waals surface area contributed by atoms with E-state index in [1.54, 1.807) is 18.5 Å². The van der Waals surface area contributed by atoms with E-state index in [4.69, 9.17) is 4.74 Å². The minimum absolute atomic E-state index is 0.285. The van der Waals surface area contributed by atoms with E-state index in [0.29, 0.717) is 17.0 Å². The molecule has 0 unspecified atom stereocenters. The molecule has 0 bridgehead atoms. The summed E-state index contributed by atoms with van der Waals surface area (Å²) in [5.74, 6) is -1.44. The summed E-state index contributed by atoms with van der Waals surface area (Å²) in [5, 5.41) is 4.39. The molecule has 0 aliphatic heterocycles. The van der Waals surface area contributed by atoms with Crippen LogP contribution in [0.5, 0.6) is 0 Å². The zero-order valence-corrected chi connectivity index (χ0v) is 14.4. The van der Waals surface area contributed by atoms with Crippen LogP contribution in [0.4, 0.5) is 4.39 Å². The van der Waals surface area contributed by atoms with Gasteiger partial charge in [0.05, 0.1) is 17.1 Å². The first kappa shape index (κ1) is 17.5. The number of carbonyl (C=O) groups is 2. The molecule has 132 valence electrons. The largest absolute Gasteiger partial charge is 0.454 e. The van der Waals surface area contributed by atoms with Crippen molar-refractivity contribution < 1.29 is 18.7 Å². The van der Waals surface area contributed by atoms with Gasteiger partial charge in [-0.05, 0) is 50.2 Å². The quantitative estimate of drug-likeness (QED) is 0.519. The third-order valence-corrected chi connectivity index (χ3v) is 4.00. The van der Waals surface area contributed by atoms with Crippen LogP contribution in [-0.4, -0.2) is 28.1 Å². The standard InChI is InChI=1S/C20H17FN2O3/c1-13-19(14(2)23(22-13)17-6-4-3-5-7-17)20(25)26-12-18(24)15-8-10-16(21)11-9-15/h3-11H,12H2,1-2H3. The van der Waals surface area contributed by atoms with Crippen molar-refractivity contribution in [1.29, 1.82) is 0 Å². The molecule has 3 aromatic rings. The van der Waals surface area contributed by atoms with Crippen LogP contribution in [0.2, 0.25) is 0 Å². The summed E-state index contributed by atoms with van der Waals surface area (Å²) in [6.07, 6.45) is 0. The molecule has 0 spiro atoms. The second-order valence-corrected chi connectivity index (χ2v) is 5.80. The first-order valence-electron chi connectivity index (χ1n) is 8.05. The van der Waals surface area contributed by atoms with Gasteiger partial charge >= 0.3 is 5.97 Å². The lowest BCUT2D eigenvalue weighted by atomic mass is 10.1. The molecule has 0 N–H and O–H groups in total. The summed E-state index contributed by atoms with van der Waals surface area (Å²) in [6.45, 7) is 3.07. The molecule has 0 aliphatic carbocycles. The third kappa shape index (κ3) is 3.54. The molecule has 1 aromatic heterocycles. The molecule has 26 heavy (non-hydrogen) atoms. The SMILES string of the molecule is Cc1nn(-c2ccccc2)c(C)c1C(=O)OCC(=O)c1ccc(F)cc1. The molecule has 0 saturated heterocycles. The Morgan fingerprint density at radius 2 is 1.69 bits per heavy atom. The highest BCUT2D eigenvalue weighted by Gasteiger charge is 2.21. The smallest absolute Gasteiger partial charge is 0.342 e. The van der Waals surface area contributed by atoms with Gasteiger partial charge in [-0.3, -0.25) is 4.79 Å². The molecule has 5 nitrogen and oxygen atoms in total. The molecular formula is C20H17FN2O3. The molecule has 3 rings (SSSR count). The van der Waals surface area contributed by atoms with Crippen molar-refractivity contribution in [2.45, 2.75) is 13.8 Å². The van der Waals surface area contributed by atoms with E-state index in [-0.39, 0.29) is 5.56 Å². The maximum Gasteiger partial charge on any atom is 0.342 e. The minimum atomic E-state index is -0.613. The van der Waals surface area contributed by atoms with Gasteiger partial charge in [-0.1, -0.05) is 18.2 Å². The summed E-state index contributed by atoms with van der Waals surface area (Å²) in [6, 6.07) is 14.5. The maximum absolute atomic E-state index is 12.9. The molecule has 0 radical (unpaired) electrons. The Morgan fingerprint density at radius 1 is 1.04 bits per heavy atom. The first-order valence-corrected chi connectivity index (χ1v) is 8.05. The second kappa shape index (κ2) is 7.31. The van der Waals surface area contributed by atoms with Crippen LogP contribution in [0.25, 0.3) is 5.69 Å². The number of rotatable bonds is 5. The Balaban J connectivity index is 1.75. The van der Waals surface area contributed by atoms with Crippen LogP contribution in [0, 0.1) is 19.7 Å². The number of ether oxygens (including phenoxy) is 1. The Labute approximate surface area is 150 Å². The molecule has 2 aromatic carbocycles. The van der Waals surface area contributed by atoms with Crippen LogP contribution in [0.15, 0.2) is 54.6 Å². The van der Waals surface area contributed by atoms with Crippen molar-refractivity contribution in [3.8, 4) is 5.69 Å². The number of para-hydroxylation sites is 1. The number of carbonyl (C=O) groups excluding carboxylic acids is 2. The summed E-state index contributed by atoms with van der Waals surface area (Å²) in [4.78, 5) is 24.5. The number of nitrogens with zero attached hydrogens (tertiary/aromatic N) is 2. The van der Waals surface area contributed by atoms with E-state index in [1.807, 2.05) is 30.3 Å². The number of esters is 1. The molecule has 0 atom stereocenters. The predicted molar refractivity (Wildman–Crippen MR) is 94.1 cm³/mol. The molecular weight excluding hydrogens is 335 g/mol. The summed E-state index contributed by atoms with van der Waals surface area (Å²) in [5.41, 5.74) is 2.60. The number of ketones is 1. The van der Waals surface area contributed by atoms with Gasteiger partial charge in [0.2, 0.25) is 0 Å². The van der Waals surface area contributed by atoms with E-state index in [1.165, 1.54) is 24.3 Å². The van der Waals surface area contributed by atoms with Gasteiger partial charge in [-0.15, -0.1) is 0 Å². The lowest BCUT2D eigenvalue weighted by Crippen LogP contribution is -2.15. The number of halogens is 1. The number of hydrogen-bond donors (Lipinski definition) is 0. The highest BCUT2D eigenvalue weighted by molar-refractivity contribution is 5.99. The highest BCUT2D eigenvalue weighted by atomic mass is 19.1. The van der Waals surface area contributed by atoms with Crippen LogP contribution in [-0.2, 0) is 4.74 Å². The summed E-state index contributed by atoms with van der Waals surface area (Å²) < 4.78 is 19.7. The fourth-order valence-corrected chi connectivity index (χ4v) is 2.68. The number of aromatic nitrogens is 2. The van der Waals surface area contributed by atoms with Gasteiger partial charge in [0.25, 0.3) is 0 Å². The van der Waals surface area contributed by atoms with Crippen LogP contribution in [0.3, 0.4) is 0 Å². The number of aryl methyl sites for hydroxylation is 1. The van der Waals surface area contributed by atoms with E-state index in [2.05, 4.69) is 5.10 Å². The van der Waals surface area contributed by atoms with Gasteiger partial charge < -0.3 is 4.74 Å². The predicted octanol–water partition coefficient (Wildman–Crippen LogP) is 3.67. The minimum Gasteiger partial charge on any atom is -0.454 e. The fraction of sp³-hybridized carbons (Fsp3) is 0.150. The van der Waals surface area contributed by atoms with Crippen molar-refractivity contribution in [2.75, 3.05) is 6.61 Å². The average Bonchev–Trinajstić information content (AvgIpc) is 2.95. The summed E-state index contributed by atoms with van der Waals surface area (Å²) in [7, 11) is 0. The molecule has 0 amide bonds. The zero-order valence-electron chi connectivity index (χ0n) is 14.4. The number of Topliss-reactive ketones (excluding diaryl/α,β-unsaturated/α-hetero) is 1. The molecule has 0 saturated carbocycles. The van der Waals surface area contributed by atoms with Crippen LogP contribution < -0.4 is 0 Å². The van der Waals surface area contributed by atoms with Crippen molar-refractivity contribution in [3.63, 3.8) is 0 Å². The Bertz CT molecular complexity index is 947. The van der Waals surface area contributed by atoms with Gasteiger partial charge in [0, 0.05) is 5.56 Å². The fourth-order valence-electron chi connectivity index (χ4n) is 2.68. The van der Waals surface area contributed by atoms with Gasteiger partial charge in [0.1, 0.15) is 11.4 Å². The average molecular weight is 352 g/mol. The Morgan fingerprint density at radius 3 is 2.35 bits per heavy atom. The number of benzene rings is 2. The van der Waals surface area contributed by atoms with Gasteiger partial charge in [0.15, 0.2) is 12.4 Å². The topological polar surface area (TPSA) is 61.2 Å². The molecule has 6 heteroatoms. The van der Waals surface area contributed by atoms with Crippen molar-refractivity contribution in [3.05, 3.63) is 82.9 Å². The lowest BCUT2D eigenvalue weighted by Gasteiger charge is -2.06. The summed E-state index contributed by atoms with van der Waals surface area (Å²) >= 11 is 0. The monoisotopic (exact) mass is 352 g/mol. The van der Waals surface area contributed by atoms with Crippen molar-refractivity contribution in [1.82, 2.24) is 9.78 Å². The Kier molecular flexibility index (Phi) is 4.93. The van der Waals surface area contributed by atoms with E-state index in [0.717, 1.165) is 5.69 Å². The lowest BCUT2D eigenvalue weighted by molar-refractivity contribution is 0.0473. The normalized spacial score (nSPS) is 10.6. The van der Waals surface area contributed by atoms with E-state index >= 15 is 0 Å². The highest BCUT2D eigenvalue weighted by Crippen LogP contribution is 2.19. The molecule has 1 heterocycles. The Hall–Kier alpha value is -3.28. The van der Waals surface area contributed by atoms with Crippen LogP contribution >= 0.6 is 0 Å².